The van der Waals surface area contributed by atoms with Gasteiger partial charge < -0.3 is 24.3 Å². The maximum atomic E-state index is 13.2. The van der Waals surface area contributed by atoms with E-state index in [9.17, 15) is 13.2 Å². The Bertz CT molecular complexity index is 1320. The number of amides is 1. The molecule has 0 unspecified atom stereocenters. The van der Waals surface area contributed by atoms with E-state index in [2.05, 4.69) is 5.32 Å². The number of nitrogens with zero attached hydrogens (tertiary/aromatic N) is 1. The smallest absolute Gasteiger partial charge is 0.264 e. The zero-order valence-corrected chi connectivity index (χ0v) is 21.9. The number of hydrogen-bond acceptors (Lipinski definition) is 7. The van der Waals surface area contributed by atoms with E-state index in [1.807, 2.05) is 6.92 Å². The maximum Gasteiger partial charge on any atom is 0.264 e. The molecule has 1 N–H and O–H groups in total. The number of anilines is 1. The second-order valence-corrected chi connectivity index (χ2v) is 9.81. The molecule has 0 fully saturated rings. The van der Waals surface area contributed by atoms with E-state index in [0.717, 1.165) is 9.87 Å². The summed E-state index contributed by atoms with van der Waals surface area (Å²) >= 11 is 0. The molecule has 10 heteroatoms. The van der Waals surface area contributed by atoms with Gasteiger partial charge in [0.05, 0.1) is 45.1 Å². The fraction of sp³-hybridized carbons (Fsp3) is 0.269. The molecule has 1 amide bonds. The minimum Gasteiger partial charge on any atom is -0.497 e. The molecular weight excluding hydrogens is 484 g/mol. The van der Waals surface area contributed by atoms with Gasteiger partial charge in [-0.1, -0.05) is 0 Å². The van der Waals surface area contributed by atoms with Crippen LogP contribution in [0.25, 0.3) is 0 Å². The van der Waals surface area contributed by atoms with Crippen molar-refractivity contribution in [3.63, 3.8) is 0 Å². The van der Waals surface area contributed by atoms with Gasteiger partial charge in [-0.2, -0.15) is 0 Å². The van der Waals surface area contributed by atoms with E-state index in [-0.39, 0.29) is 16.8 Å². The summed E-state index contributed by atoms with van der Waals surface area (Å²) in [4.78, 5) is 12.9. The number of nitrogens with one attached hydrogen (secondary N) is 1. The zero-order chi connectivity index (χ0) is 26.5. The molecule has 0 saturated heterocycles. The van der Waals surface area contributed by atoms with Gasteiger partial charge in [-0.15, -0.1) is 0 Å². The Labute approximate surface area is 211 Å². The van der Waals surface area contributed by atoms with Crippen molar-refractivity contribution < 1.29 is 32.2 Å². The van der Waals surface area contributed by atoms with Crippen LogP contribution in [0.5, 0.6) is 23.0 Å². The zero-order valence-electron chi connectivity index (χ0n) is 21.1. The summed E-state index contributed by atoms with van der Waals surface area (Å²) < 4.78 is 48.6. The molecule has 0 heterocycles. The van der Waals surface area contributed by atoms with Crippen LogP contribution in [0.3, 0.4) is 0 Å². The number of benzene rings is 3. The Hall–Kier alpha value is -3.92. The third-order valence-electron chi connectivity index (χ3n) is 5.76. The summed E-state index contributed by atoms with van der Waals surface area (Å²) in [5.74, 6) is 1.69. The van der Waals surface area contributed by atoms with Crippen LogP contribution in [0.2, 0.25) is 0 Å². The largest absolute Gasteiger partial charge is 0.497 e. The van der Waals surface area contributed by atoms with Gasteiger partial charge in [-0.05, 0) is 61.5 Å². The third kappa shape index (κ3) is 5.49. The van der Waals surface area contributed by atoms with E-state index < -0.39 is 10.0 Å². The summed E-state index contributed by atoms with van der Waals surface area (Å²) in [5.41, 5.74) is 1.54. The molecule has 0 spiro atoms. The molecule has 0 aromatic heterocycles. The molecule has 0 saturated carbocycles. The van der Waals surface area contributed by atoms with Gasteiger partial charge in [0.1, 0.15) is 11.5 Å². The number of methoxy groups -OCH3 is 4. The van der Waals surface area contributed by atoms with Gasteiger partial charge in [0.15, 0.2) is 11.5 Å². The van der Waals surface area contributed by atoms with Crippen molar-refractivity contribution >= 4 is 21.6 Å². The summed E-state index contributed by atoms with van der Waals surface area (Å²) in [6.45, 7) is 1.84. The Kier molecular flexibility index (Phi) is 8.31. The molecule has 0 aliphatic heterocycles. The lowest BCUT2D eigenvalue weighted by Crippen LogP contribution is -2.28. The second kappa shape index (κ2) is 11.2. The number of rotatable bonds is 10. The number of carbonyl (C=O) groups excluding carboxylic acids is 1. The number of ether oxygens (including phenoxy) is 4. The highest BCUT2D eigenvalue weighted by Crippen LogP contribution is 2.32. The minimum atomic E-state index is -3.88. The predicted octanol–water partition coefficient (Wildman–Crippen LogP) is 4.04. The van der Waals surface area contributed by atoms with Crippen LogP contribution in [0.4, 0.5) is 5.69 Å². The molecule has 192 valence electrons. The molecule has 3 aromatic rings. The van der Waals surface area contributed by atoms with Gasteiger partial charge in [0.25, 0.3) is 15.9 Å². The van der Waals surface area contributed by atoms with Crippen LogP contribution in [-0.4, -0.2) is 49.8 Å². The molecule has 3 aromatic carbocycles. The Balaban J connectivity index is 1.78. The highest BCUT2D eigenvalue weighted by atomic mass is 32.2. The monoisotopic (exact) mass is 514 g/mol. The van der Waals surface area contributed by atoms with Crippen LogP contribution in [0.1, 0.15) is 28.9 Å². The van der Waals surface area contributed by atoms with Crippen LogP contribution >= 0.6 is 0 Å². The average molecular weight is 515 g/mol. The van der Waals surface area contributed by atoms with Gasteiger partial charge in [-0.3, -0.25) is 9.10 Å². The normalized spacial score (nSPS) is 11.8. The van der Waals surface area contributed by atoms with Gasteiger partial charge in [0.2, 0.25) is 0 Å². The van der Waals surface area contributed by atoms with E-state index in [0.29, 0.717) is 34.2 Å². The summed E-state index contributed by atoms with van der Waals surface area (Å²) in [6.07, 6.45) is 0. The van der Waals surface area contributed by atoms with Crippen molar-refractivity contribution in [3.8, 4) is 23.0 Å². The molecule has 0 aliphatic rings. The molecule has 0 aliphatic carbocycles. The third-order valence-corrected chi connectivity index (χ3v) is 7.54. The molecule has 0 bridgehead atoms. The van der Waals surface area contributed by atoms with Crippen molar-refractivity contribution in [2.24, 2.45) is 0 Å². The Morgan fingerprint density at radius 2 is 1.42 bits per heavy atom. The second-order valence-electron chi connectivity index (χ2n) is 7.84. The molecule has 9 nitrogen and oxygen atoms in total. The Morgan fingerprint density at radius 3 is 2.00 bits per heavy atom. The van der Waals surface area contributed by atoms with Crippen molar-refractivity contribution in [3.05, 3.63) is 71.8 Å². The lowest BCUT2D eigenvalue weighted by atomic mass is 10.1. The molecule has 0 radical (unpaired) electrons. The number of carbonyl (C=O) groups is 1. The highest BCUT2D eigenvalue weighted by molar-refractivity contribution is 7.92. The van der Waals surface area contributed by atoms with Crippen molar-refractivity contribution in [2.45, 2.75) is 17.9 Å². The fourth-order valence-electron chi connectivity index (χ4n) is 3.63. The first-order valence-corrected chi connectivity index (χ1v) is 12.4. The van der Waals surface area contributed by atoms with E-state index in [1.54, 1.807) is 56.7 Å². The van der Waals surface area contributed by atoms with Gasteiger partial charge in [-0.25, -0.2) is 8.42 Å². The van der Waals surface area contributed by atoms with Gasteiger partial charge in [0, 0.05) is 24.2 Å². The first-order valence-electron chi connectivity index (χ1n) is 11.0. The van der Waals surface area contributed by atoms with E-state index in [4.69, 9.17) is 18.9 Å². The van der Waals surface area contributed by atoms with Crippen molar-refractivity contribution in [2.75, 3.05) is 39.8 Å². The summed E-state index contributed by atoms with van der Waals surface area (Å²) in [6, 6.07) is 15.7. The number of sulfonamides is 1. The van der Waals surface area contributed by atoms with Crippen LogP contribution in [-0.2, 0) is 10.0 Å². The topological polar surface area (TPSA) is 103 Å². The van der Waals surface area contributed by atoms with E-state index >= 15 is 0 Å². The first kappa shape index (κ1) is 26.7. The van der Waals surface area contributed by atoms with Crippen LogP contribution < -0.4 is 28.6 Å². The fourth-order valence-corrected chi connectivity index (χ4v) is 4.84. The summed E-state index contributed by atoms with van der Waals surface area (Å²) in [5, 5.41) is 2.93. The lowest BCUT2D eigenvalue weighted by molar-refractivity contribution is 0.0939. The van der Waals surface area contributed by atoms with Crippen molar-refractivity contribution in [1.29, 1.82) is 0 Å². The van der Waals surface area contributed by atoms with Crippen LogP contribution in [0, 0.1) is 0 Å². The Morgan fingerprint density at radius 1 is 0.806 bits per heavy atom. The SMILES string of the molecule is COc1ccc(OC)c([C@H](C)NC(=O)c2ccc(N(C)S(=O)(=O)c3ccc(OC)c(OC)c3)cc2)c1. The van der Waals surface area contributed by atoms with Crippen molar-refractivity contribution in [1.82, 2.24) is 5.32 Å². The number of hydrogen-bond donors (Lipinski definition) is 1. The quantitative estimate of drug-likeness (QED) is 0.436. The first-order chi connectivity index (χ1) is 17.2. The maximum absolute atomic E-state index is 13.2. The van der Waals surface area contributed by atoms with E-state index in [1.165, 1.54) is 39.5 Å². The molecule has 1 atom stereocenters. The van der Waals surface area contributed by atoms with Gasteiger partial charge >= 0.3 is 0 Å². The summed E-state index contributed by atoms with van der Waals surface area (Å²) in [7, 11) is 3.60. The molecule has 3 rings (SSSR count). The standard InChI is InChI=1S/C26H30N2O7S/c1-17(22-15-20(32-3)11-13-23(22)33-4)27-26(29)18-7-9-19(10-8-18)28(2)36(30,31)21-12-14-24(34-5)25(16-21)35-6/h7-17H,1-6H3,(H,27,29)/t17-/m0/s1. The lowest BCUT2D eigenvalue weighted by Gasteiger charge is -2.21. The molecular formula is C26H30N2O7S. The minimum absolute atomic E-state index is 0.0468. The molecule has 36 heavy (non-hydrogen) atoms. The highest BCUT2D eigenvalue weighted by Gasteiger charge is 2.24. The van der Waals surface area contributed by atoms with Crippen LogP contribution in [0.15, 0.2) is 65.6 Å². The average Bonchev–Trinajstić information content (AvgIpc) is 2.91. The predicted molar refractivity (Wildman–Crippen MR) is 137 cm³/mol.